The van der Waals surface area contributed by atoms with Crippen LogP contribution in [0.1, 0.15) is 22.5 Å². The molecule has 2 nitrogen and oxygen atoms in total. The van der Waals surface area contributed by atoms with Gasteiger partial charge in [-0.1, -0.05) is 0 Å². The zero-order chi connectivity index (χ0) is 13.1. The number of aromatic nitrogens is 1. The van der Waals surface area contributed by atoms with E-state index in [0.29, 0.717) is 0 Å². The van der Waals surface area contributed by atoms with Crippen molar-refractivity contribution in [3.8, 4) is 5.75 Å². The molecule has 0 aliphatic heterocycles. The smallest absolute Gasteiger partial charge is 0.179 e. The van der Waals surface area contributed by atoms with E-state index >= 15 is 0 Å². The van der Waals surface area contributed by atoms with Crippen molar-refractivity contribution in [3.05, 3.63) is 58.9 Å². The van der Waals surface area contributed by atoms with Crippen LogP contribution in [0.3, 0.4) is 0 Å². The predicted octanol–water partition coefficient (Wildman–Crippen LogP) is 2.96. The average Bonchev–Trinajstić information content (AvgIpc) is 2.34. The third kappa shape index (κ3) is 2.70. The van der Waals surface area contributed by atoms with Crippen LogP contribution < -0.4 is 9.30 Å². The second kappa shape index (κ2) is 5.21. The quantitative estimate of drug-likeness (QED) is 0.754. The fraction of sp³-hybridized carbons (Fsp3) is 0.312. The molecule has 0 spiro atoms. The molecule has 0 bridgehead atoms. The highest BCUT2D eigenvalue weighted by atomic mass is 16.5. The summed E-state index contributed by atoms with van der Waals surface area (Å²) in [4.78, 5) is 0. The van der Waals surface area contributed by atoms with Crippen molar-refractivity contribution in [1.29, 1.82) is 0 Å². The maximum absolute atomic E-state index is 5.18. The lowest BCUT2D eigenvalue weighted by Gasteiger charge is -2.06. The third-order valence-corrected chi connectivity index (χ3v) is 3.22. The molecular weight excluding hydrogens is 222 g/mol. The Kier molecular flexibility index (Phi) is 3.66. The lowest BCUT2D eigenvalue weighted by atomic mass is 10.1. The van der Waals surface area contributed by atoms with Gasteiger partial charge in [0, 0.05) is 31.5 Å². The van der Waals surface area contributed by atoms with Crippen molar-refractivity contribution in [3.63, 3.8) is 0 Å². The third-order valence-electron chi connectivity index (χ3n) is 3.22. The highest BCUT2D eigenvalue weighted by molar-refractivity contribution is 5.26. The first-order valence-corrected chi connectivity index (χ1v) is 6.21. The summed E-state index contributed by atoms with van der Waals surface area (Å²) < 4.78 is 7.50. The molecule has 2 aromatic rings. The molecule has 1 aromatic heterocycles. The Labute approximate surface area is 109 Å². The van der Waals surface area contributed by atoms with E-state index in [0.717, 1.165) is 12.3 Å². The predicted molar refractivity (Wildman–Crippen MR) is 72.9 cm³/mol. The van der Waals surface area contributed by atoms with Gasteiger partial charge in [0.05, 0.1) is 7.11 Å². The minimum atomic E-state index is 0.904. The largest absolute Gasteiger partial charge is 0.497 e. The second-order valence-corrected chi connectivity index (χ2v) is 4.75. The summed E-state index contributed by atoms with van der Waals surface area (Å²) >= 11 is 0. The van der Waals surface area contributed by atoms with Gasteiger partial charge in [0.2, 0.25) is 0 Å². The minimum Gasteiger partial charge on any atom is -0.497 e. The number of methoxy groups -OCH3 is 1. The fourth-order valence-electron chi connectivity index (χ4n) is 2.30. The Morgan fingerprint density at radius 1 is 0.944 bits per heavy atom. The Hall–Kier alpha value is -1.83. The summed E-state index contributed by atoms with van der Waals surface area (Å²) in [5, 5.41) is 0. The molecule has 0 fully saturated rings. The molecule has 2 heteroatoms. The van der Waals surface area contributed by atoms with E-state index in [1.54, 1.807) is 7.11 Å². The van der Waals surface area contributed by atoms with Gasteiger partial charge in [-0.25, -0.2) is 0 Å². The average molecular weight is 242 g/mol. The van der Waals surface area contributed by atoms with Crippen LogP contribution in [0.25, 0.3) is 0 Å². The van der Waals surface area contributed by atoms with Crippen LogP contribution in [0.5, 0.6) is 5.75 Å². The van der Waals surface area contributed by atoms with Gasteiger partial charge in [0.25, 0.3) is 0 Å². The first kappa shape index (κ1) is 12.6. The van der Waals surface area contributed by atoms with Crippen LogP contribution in [0.2, 0.25) is 0 Å². The van der Waals surface area contributed by atoms with Crippen molar-refractivity contribution in [2.24, 2.45) is 0 Å². The molecule has 1 heterocycles. The lowest BCUT2D eigenvalue weighted by molar-refractivity contribution is -0.700. The number of benzene rings is 1. The first-order chi connectivity index (χ1) is 8.60. The molecule has 0 N–H and O–H groups in total. The van der Waals surface area contributed by atoms with E-state index in [9.17, 15) is 0 Å². The first-order valence-electron chi connectivity index (χ1n) is 6.21. The maximum Gasteiger partial charge on any atom is 0.179 e. The van der Waals surface area contributed by atoms with Gasteiger partial charge in [0.15, 0.2) is 17.9 Å². The van der Waals surface area contributed by atoms with E-state index in [2.05, 4.69) is 49.6 Å². The number of nitrogens with zero attached hydrogens (tertiary/aromatic N) is 1. The van der Waals surface area contributed by atoms with Crippen molar-refractivity contribution in [1.82, 2.24) is 0 Å². The van der Waals surface area contributed by atoms with Gasteiger partial charge in [-0.15, -0.1) is 0 Å². The molecule has 0 saturated carbocycles. The topological polar surface area (TPSA) is 13.1 Å². The van der Waals surface area contributed by atoms with E-state index in [-0.39, 0.29) is 0 Å². The fourth-order valence-corrected chi connectivity index (χ4v) is 2.30. The summed E-state index contributed by atoms with van der Waals surface area (Å²) in [5.74, 6) is 0.904. The van der Waals surface area contributed by atoms with E-state index < -0.39 is 0 Å². The van der Waals surface area contributed by atoms with Gasteiger partial charge < -0.3 is 4.74 Å². The molecule has 18 heavy (non-hydrogen) atoms. The Balaban J connectivity index is 2.28. The molecule has 0 unspecified atom stereocenters. The monoisotopic (exact) mass is 242 g/mol. The molecule has 2 rings (SSSR count). The highest BCUT2D eigenvalue weighted by Gasteiger charge is 2.12. The van der Waals surface area contributed by atoms with Crippen molar-refractivity contribution < 1.29 is 9.30 Å². The minimum absolute atomic E-state index is 0.904. The standard InChI is InChI=1S/C16H20NO/c1-12-9-13(2)17(14(3)10-12)11-15-5-7-16(18-4)8-6-15/h5-10H,11H2,1-4H3/q+1. The van der Waals surface area contributed by atoms with Crippen molar-refractivity contribution in [2.75, 3.05) is 7.11 Å². The molecule has 0 aliphatic rings. The molecule has 0 saturated heterocycles. The van der Waals surface area contributed by atoms with Gasteiger partial charge in [-0.3, -0.25) is 0 Å². The Morgan fingerprint density at radius 3 is 2.00 bits per heavy atom. The molecule has 1 aromatic carbocycles. The molecule has 0 radical (unpaired) electrons. The van der Waals surface area contributed by atoms with Gasteiger partial charge in [0.1, 0.15) is 5.75 Å². The lowest BCUT2D eigenvalue weighted by Crippen LogP contribution is -2.40. The Morgan fingerprint density at radius 2 is 1.50 bits per heavy atom. The number of ether oxygens (including phenoxy) is 1. The normalized spacial score (nSPS) is 10.4. The molecule has 94 valence electrons. The summed E-state index contributed by atoms with van der Waals surface area (Å²) in [6.45, 7) is 7.35. The van der Waals surface area contributed by atoms with E-state index in [4.69, 9.17) is 4.74 Å². The number of hydrogen-bond donors (Lipinski definition) is 0. The Bertz CT molecular complexity index is 521. The zero-order valence-electron chi connectivity index (χ0n) is 11.5. The molecular formula is C16H20NO+. The van der Waals surface area contributed by atoms with Crippen molar-refractivity contribution in [2.45, 2.75) is 27.3 Å². The van der Waals surface area contributed by atoms with E-state index in [1.165, 1.54) is 22.5 Å². The second-order valence-electron chi connectivity index (χ2n) is 4.75. The van der Waals surface area contributed by atoms with Gasteiger partial charge in [-0.05, 0) is 36.8 Å². The SMILES string of the molecule is COc1ccc(C[n+]2c(C)cc(C)cc2C)cc1. The zero-order valence-corrected chi connectivity index (χ0v) is 11.5. The van der Waals surface area contributed by atoms with Crippen LogP contribution in [-0.2, 0) is 6.54 Å². The molecule has 0 atom stereocenters. The number of rotatable bonds is 3. The summed E-state index contributed by atoms with van der Waals surface area (Å²) in [5.41, 5.74) is 5.19. The molecule has 0 aliphatic carbocycles. The maximum atomic E-state index is 5.18. The van der Waals surface area contributed by atoms with Crippen molar-refractivity contribution >= 4 is 0 Å². The van der Waals surface area contributed by atoms with Crippen LogP contribution in [-0.4, -0.2) is 7.11 Å². The highest BCUT2D eigenvalue weighted by Crippen LogP contribution is 2.11. The van der Waals surface area contributed by atoms with Gasteiger partial charge in [-0.2, -0.15) is 4.57 Å². The van der Waals surface area contributed by atoms with Crippen LogP contribution in [0, 0.1) is 20.8 Å². The van der Waals surface area contributed by atoms with Crippen LogP contribution in [0.15, 0.2) is 36.4 Å². The number of hydrogen-bond acceptors (Lipinski definition) is 1. The number of aryl methyl sites for hydroxylation is 3. The summed E-state index contributed by atoms with van der Waals surface area (Å²) in [6.07, 6.45) is 0. The van der Waals surface area contributed by atoms with Gasteiger partial charge >= 0.3 is 0 Å². The van der Waals surface area contributed by atoms with E-state index in [1.807, 2.05) is 12.1 Å². The number of pyridine rings is 1. The van der Waals surface area contributed by atoms with Crippen LogP contribution >= 0.6 is 0 Å². The summed E-state index contributed by atoms with van der Waals surface area (Å²) in [7, 11) is 1.69. The molecule has 0 amide bonds. The summed E-state index contributed by atoms with van der Waals surface area (Å²) in [6, 6.07) is 12.7. The van der Waals surface area contributed by atoms with Crippen LogP contribution in [0.4, 0.5) is 0 Å².